The molecule has 1 saturated carbocycles. The molecule has 2 N–H and O–H groups in total. The minimum absolute atomic E-state index is 0.233. The maximum absolute atomic E-state index is 14.3. The van der Waals surface area contributed by atoms with E-state index in [1.54, 1.807) is 19.2 Å². The van der Waals surface area contributed by atoms with Crippen molar-refractivity contribution in [1.82, 2.24) is 0 Å². The number of rotatable bonds is 8. The van der Waals surface area contributed by atoms with E-state index in [2.05, 4.69) is 25.1 Å². The molecule has 0 bridgehead atoms. The zero-order chi connectivity index (χ0) is 20.4. The van der Waals surface area contributed by atoms with E-state index in [-0.39, 0.29) is 11.7 Å². The Hall–Kier alpha value is -2.20. The van der Waals surface area contributed by atoms with Crippen molar-refractivity contribution in [3.05, 3.63) is 59.4 Å². The first kappa shape index (κ1) is 20.1. The molecule has 2 aliphatic rings. The predicted molar refractivity (Wildman–Crippen MR) is 117 cm³/mol. The number of hydrogen-bond acceptors (Lipinski definition) is 3. The molecule has 0 radical (unpaired) electrons. The topological polar surface area (TPSA) is 47.6 Å². The average Bonchev–Trinajstić information content (AvgIpc) is 3.57. The number of unbranched alkanes of at least 4 members (excludes halogenated alkanes) is 1. The van der Waals surface area contributed by atoms with E-state index in [1.807, 2.05) is 12.3 Å². The van der Waals surface area contributed by atoms with Crippen molar-refractivity contribution in [2.45, 2.75) is 50.4 Å². The SMILES string of the molecule is COc1ccc(F)cc1C1(C)C=Nc2ccccc2C1C(CCCCN)C1CC1. The fourth-order valence-electron chi connectivity index (χ4n) is 5.21. The van der Waals surface area contributed by atoms with Crippen molar-refractivity contribution in [3.63, 3.8) is 0 Å². The van der Waals surface area contributed by atoms with Crippen molar-refractivity contribution in [1.29, 1.82) is 0 Å². The number of nitrogens with two attached hydrogens (primary N) is 1. The third-order valence-electron chi connectivity index (χ3n) is 6.78. The van der Waals surface area contributed by atoms with Crippen LogP contribution in [0.25, 0.3) is 0 Å². The summed E-state index contributed by atoms with van der Waals surface area (Å²) in [6.07, 6.45) is 7.91. The van der Waals surface area contributed by atoms with Crippen molar-refractivity contribution in [2.75, 3.05) is 13.7 Å². The van der Waals surface area contributed by atoms with Crippen LogP contribution in [-0.4, -0.2) is 19.9 Å². The molecule has 3 nitrogen and oxygen atoms in total. The highest BCUT2D eigenvalue weighted by Gasteiger charge is 2.49. The van der Waals surface area contributed by atoms with Gasteiger partial charge in [-0.3, -0.25) is 4.99 Å². The van der Waals surface area contributed by atoms with Gasteiger partial charge in [-0.2, -0.15) is 0 Å². The molecular formula is C25H31FN2O. The first-order chi connectivity index (χ1) is 14.1. The Morgan fingerprint density at radius 3 is 2.72 bits per heavy atom. The van der Waals surface area contributed by atoms with Crippen LogP contribution in [0.4, 0.5) is 10.1 Å². The maximum atomic E-state index is 14.3. The molecule has 2 aromatic carbocycles. The molecule has 1 aliphatic carbocycles. The molecule has 154 valence electrons. The lowest BCUT2D eigenvalue weighted by molar-refractivity contribution is 0.276. The van der Waals surface area contributed by atoms with E-state index in [1.165, 1.54) is 24.5 Å². The van der Waals surface area contributed by atoms with Gasteiger partial charge in [-0.25, -0.2) is 4.39 Å². The second kappa shape index (κ2) is 8.27. The molecule has 29 heavy (non-hydrogen) atoms. The Morgan fingerprint density at radius 2 is 2.00 bits per heavy atom. The normalized spacial score (nSPS) is 24.2. The van der Waals surface area contributed by atoms with Gasteiger partial charge in [0, 0.05) is 23.1 Å². The number of para-hydroxylation sites is 1. The fourth-order valence-corrected chi connectivity index (χ4v) is 5.21. The summed E-state index contributed by atoms with van der Waals surface area (Å²) in [4.78, 5) is 4.81. The van der Waals surface area contributed by atoms with Crippen LogP contribution < -0.4 is 10.5 Å². The third-order valence-corrected chi connectivity index (χ3v) is 6.78. The zero-order valence-electron chi connectivity index (χ0n) is 17.4. The summed E-state index contributed by atoms with van der Waals surface area (Å²) in [5.74, 6) is 1.96. The second-order valence-electron chi connectivity index (χ2n) is 8.71. The molecule has 0 saturated heterocycles. The van der Waals surface area contributed by atoms with Crippen LogP contribution in [0.1, 0.15) is 56.1 Å². The highest BCUT2D eigenvalue weighted by Crippen LogP contribution is 2.57. The van der Waals surface area contributed by atoms with E-state index in [4.69, 9.17) is 15.5 Å². The maximum Gasteiger partial charge on any atom is 0.123 e. The quantitative estimate of drug-likeness (QED) is 0.580. The number of ether oxygens (including phenoxy) is 1. The summed E-state index contributed by atoms with van der Waals surface area (Å²) in [5.41, 5.74) is 8.54. The fraction of sp³-hybridized carbons (Fsp3) is 0.480. The van der Waals surface area contributed by atoms with Crippen LogP contribution in [0.3, 0.4) is 0 Å². The van der Waals surface area contributed by atoms with E-state index >= 15 is 0 Å². The lowest BCUT2D eigenvalue weighted by Gasteiger charge is -2.44. The Labute approximate surface area is 173 Å². The van der Waals surface area contributed by atoms with Gasteiger partial charge in [-0.1, -0.05) is 24.6 Å². The van der Waals surface area contributed by atoms with Gasteiger partial charge < -0.3 is 10.5 Å². The lowest BCUT2D eigenvalue weighted by atomic mass is 9.61. The molecule has 1 heterocycles. The summed E-state index contributed by atoms with van der Waals surface area (Å²) in [6.45, 7) is 2.93. The van der Waals surface area contributed by atoms with Crippen molar-refractivity contribution in [2.24, 2.45) is 22.6 Å². The largest absolute Gasteiger partial charge is 0.496 e. The van der Waals surface area contributed by atoms with E-state index in [0.29, 0.717) is 5.92 Å². The molecule has 2 aromatic rings. The van der Waals surface area contributed by atoms with Crippen LogP contribution in [-0.2, 0) is 5.41 Å². The Morgan fingerprint density at radius 1 is 1.21 bits per heavy atom. The molecular weight excluding hydrogens is 363 g/mol. The number of hydrogen-bond donors (Lipinski definition) is 1. The van der Waals surface area contributed by atoms with Crippen LogP contribution in [0.5, 0.6) is 5.75 Å². The summed E-state index contributed by atoms with van der Waals surface area (Å²) >= 11 is 0. The van der Waals surface area contributed by atoms with Gasteiger partial charge in [0.25, 0.3) is 0 Å². The lowest BCUT2D eigenvalue weighted by Crippen LogP contribution is -2.39. The summed E-state index contributed by atoms with van der Waals surface area (Å²) in [6, 6.07) is 13.3. The standard InChI is InChI=1S/C25H31FN2O/c1-25(21-15-18(26)12-13-23(21)29-2)16-28-22-9-4-3-8-20(22)24(25)19(17-10-11-17)7-5-6-14-27/h3-4,8-9,12-13,15-17,19,24H,5-7,10-11,14,27H2,1-2H3. The van der Waals surface area contributed by atoms with Crippen LogP contribution in [0.15, 0.2) is 47.5 Å². The minimum atomic E-state index is -0.433. The van der Waals surface area contributed by atoms with E-state index < -0.39 is 5.41 Å². The number of fused-ring (bicyclic) bond motifs is 1. The van der Waals surface area contributed by atoms with Gasteiger partial charge >= 0.3 is 0 Å². The Balaban J connectivity index is 1.85. The van der Waals surface area contributed by atoms with E-state index in [0.717, 1.165) is 48.7 Å². The molecule has 4 heteroatoms. The van der Waals surface area contributed by atoms with Gasteiger partial charge in [0.15, 0.2) is 0 Å². The van der Waals surface area contributed by atoms with Crippen molar-refractivity contribution < 1.29 is 9.13 Å². The van der Waals surface area contributed by atoms with Gasteiger partial charge in [-0.15, -0.1) is 0 Å². The highest BCUT2D eigenvalue weighted by atomic mass is 19.1. The van der Waals surface area contributed by atoms with E-state index in [9.17, 15) is 4.39 Å². The summed E-state index contributed by atoms with van der Waals surface area (Å²) in [5, 5.41) is 0. The minimum Gasteiger partial charge on any atom is -0.496 e. The number of nitrogens with zero attached hydrogens (tertiary/aromatic N) is 1. The Kier molecular flexibility index (Phi) is 5.73. The molecule has 0 aromatic heterocycles. The van der Waals surface area contributed by atoms with Crippen molar-refractivity contribution >= 4 is 11.9 Å². The first-order valence-electron chi connectivity index (χ1n) is 10.8. The van der Waals surface area contributed by atoms with Crippen LogP contribution >= 0.6 is 0 Å². The number of aliphatic imine (C=N–C) groups is 1. The van der Waals surface area contributed by atoms with Crippen LogP contribution in [0, 0.1) is 17.7 Å². The number of benzene rings is 2. The second-order valence-corrected chi connectivity index (χ2v) is 8.71. The smallest absolute Gasteiger partial charge is 0.123 e. The highest BCUT2D eigenvalue weighted by molar-refractivity contribution is 5.83. The Bertz CT molecular complexity index is 892. The summed E-state index contributed by atoms with van der Waals surface area (Å²) in [7, 11) is 1.66. The molecule has 0 spiro atoms. The van der Waals surface area contributed by atoms with Crippen LogP contribution in [0.2, 0.25) is 0 Å². The van der Waals surface area contributed by atoms with Gasteiger partial charge in [0.05, 0.1) is 12.8 Å². The van der Waals surface area contributed by atoms with Gasteiger partial charge in [0.2, 0.25) is 0 Å². The number of methoxy groups -OCH3 is 1. The molecule has 0 amide bonds. The predicted octanol–water partition coefficient (Wildman–Crippen LogP) is 5.75. The monoisotopic (exact) mass is 394 g/mol. The van der Waals surface area contributed by atoms with Gasteiger partial charge in [-0.05, 0) is 80.8 Å². The summed E-state index contributed by atoms with van der Waals surface area (Å²) < 4.78 is 20.0. The molecule has 1 fully saturated rings. The molecule has 3 atom stereocenters. The molecule has 4 rings (SSSR count). The van der Waals surface area contributed by atoms with Gasteiger partial charge in [0.1, 0.15) is 11.6 Å². The first-order valence-corrected chi connectivity index (χ1v) is 10.8. The average molecular weight is 395 g/mol. The molecule has 3 unspecified atom stereocenters. The number of halogens is 1. The van der Waals surface area contributed by atoms with Crippen molar-refractivity contribution in [3.8, 4) is 5.75 Å². The molecule has 1 aliphatic heterocycles. The third kappa shape index (κ3) is 3.83. The zero-order valence-corrected chi connectivity index (χ0v) is 17.4.